The van der Waals surface area contributed by atoms with Gasteiger partial charge in [0.15, 0.2) is 0 Å². The molecule has 1 saturated heterocycles. The van der Waals surface area contributed by atoms with Gasteiger partial charge in [0.2, 0.25) is 0 Å². The van der Waals surface area contributed by atoms with E-state index in [0.29, 0.717) is 10.3 Å². The number of nitrogens with zero attached hydrogens (tertiary/aromatic N) is 2. The van der Waals surface area contributed by atoms with Crippen LogP contribution in [0.5, 0.6) is 0 Å². The third-order valence-electron chi connectivity index (χ3n) is 3.41. The Labute approximate surface area is 120 Å². The van der Waals surface area contributed by atoms with E-state index in [9.17, 15) is 10.1 Å². The number of hydrogen-bond acceptors (Lipinski definition) is 5. The Morgan fingerprint density at radius 3 is 3.05 bits per heavy atom. The van der Waals surface area contributed by atoms with Crippen molar-refractivity contribution < 1.29 is 4.92 Å². The molecule has 1 aromatic rings. The van der Waals surface area contributed by atoms with Crippen molar-refractivity contribution in [1.29, 1.82) is 0 Å². The summed E-state index contributed by atoms with van der Waals surface area (Å²) in [6.45, 7) is 5.08. The fourth-order valence-corrected chi connectivity index (χ4v) is 2.70. The summed E-state index contributed by atoms with van der Waals surface area (Å²) in [6.07, 6.45) is 3.61. The average Bonchev–Trinajstić information content (AvgIpc) is 2.38. The first-order chi connectivity index (χ1) is 9.00. The quantitative estimate of drug-likeness (QED) is 0.655. The standard InChI is InChI=1S/C12H17BrN4O2/c1-12(3-2-4-14-7-12)8-16-11-10(13)5-9(6-15-11)17(18)19/h5-6,14H,2-4,7-8H2,1H3,(H,15,16). The third-order valence-corrected chi connectivity index (χ3v) is 4.01. The molecule has 1 aliphatic rings. The Bertz CT molecular complexity index is 475. The highest BCUT2D eigenvalue weighted by molar-refractivity contribution is 9.10. The molecule has 1 unspecified atom stereocenters. The van der Waals surface area contributed by atoms with Gasteiger partial charge in [-0.3, -0.25) is 10.1 Å². The zero-order valence-corrected chi connectivity index (χ0v) is 12.4. The van der Waals surface area contributed by atoms with Crippen molar-refractivity contribution in [2.45, 2.75) is 19.8 Å². The monoisotopic (exact) mass is 328 g/mol. The van der Waals surface area contributed by atoms with Gasteiger partial charge in [-0.05, 0) is 40.7 Å². The number of aromatic nitrogens is 1. The predicted octanol–water partition coefficient (Wildman–Crippen LogP) is 2.55. The van der Waals surface area contributed by atoms with E-state index in [4.69, 9.17) is 0 Å². The average molecular weight is 329 g/mol. The maximum atomic E-state index is 10.6. The second-order valence-electron chi connectivity index (χ2n) is 5.23. The molecule has 0 bridgehead atoms. The van der Waals surface area contributed by atoms with Gasteiger partial charge in [0.25, 0.3) is 5.69 Å². The van der Waals surface area contributed by atoms with Crippen molar-refractivity contribution in [3.05, 3.63) is 26.9 Å². The molecule has 2 N–H and O–H groups in total. The Hall–Kier alpha value is -1.21. The van der Waals surface area contributed by atoms with Gasteiger partial charge in [-0.15, -0.1) is 0 Å². The smallest absolute Gasteiger partial charge is 0.288 e. The lowest BCUT2D eigenvalue weighted by molar-refractivity contribution is -0.385. The molecule has 6 nitrogen and oxygen atoms in total. The van der Waals surface area contributed by atoms with Crippen LogP contribution in [0, 0.1) is 15.5 Å². The summed E-state index contributed by atoms with van der Waals surface area (Å²) in [4.78, 5) is 14.3. The largest absolute Gasteiger partial charge is 0.369 e. The molecule has 2 heterocycles. The summed E-state index contributed by atoms with van der Waals surface area (Å²) in [5.74, 6) is 0.650. The zero-order chi connectivity index (χ0) is 13.9. The summed E-state index contributed by atoms with van der Waals surface area (Å²) in [5.41, 5.74) is 0.184. The highest BCUT2D eigenvalue weighted by Crippen LogP contribution is 2.28. The first kappa shape index (κ1) is 14.2. The van der Waals surface area contributed by atoms with E-state index in [1.54, 1.807) is 0 Å². The second-order valence-corrected chi connectivity index (χ2v) is 6.08. The molecule has 1 aliphatic heterocycles. The van der Waals surface area contributed by atoms with E-state index in [1.165, 1.54) is 18.7 Å². The summed E-state index contributed by atoms with van der Waals surface area (Å²) in [5, 5.41) is 17.3. The van der Waals surface area contributed by atoms with Crippen LogP contribution in [0.25, 0.3) is 0 Å². The van der Waals surface area contributed by atoms with Crippen molar-refractivity contribution in [1.82, 2.24) is 10.3 Å². The maximum absolute atomic E-state index is 10.6. The Balaban J connectivity index is 2.01. The minimum atomic E-state index is -0.450. The topological polar surface area (TPSA) is 80.1 Å². The summed E-state index contributed by atoms with van der Waals surface area (Å²) < 4.78 is 0.620. The van der Waals surface area contributed by atoms with Crippen molar-refractivity contribution in [3.63, 3.8) is 0 Å². The molecule has 0 spiro atoms. The van der Waals surface area contributed by atoms with E-state index in [0.717, 1.165) is 26.1 Å². The SMILES string of the molecule is CC1(CNc2ncc([N+](=O)[O-])cc2Br)CCCNC1. The summed E-state index contributed by atoms with van der Waals surface area (Å²) >= 11 is 3.31. The van der Waals surface area contributed by atoms with Crippen molar-refractivity contribution in [3.8, 4) is 0 Å². The fraction of sp³-hybridized carbons (Fsp3) is 0.583. The van der Waals surface area contributed by atoms with Gasteiger partial charge < -0.3 is 10.6 Å². The van der Waals surface area contributed by atoms with Crippen LogP contribution in [-0.4, -0.2) is 29.5 Å². The number of hydrogen-bond donors (Lipinski definition) is 2. The highest BCUT2D eigenvalue weighted by atomic mass is 79.9. The number of anilines is 1. The molecule has 2 rings (SSSR count). The minimum absolute atomic E-state index is 0.0111. The van der Waals surface area contributed by atoms with Crippen molar-refractivity contribution in [2.24, 2.45) is 5.41 Å². The number of nitrogens with one attached hydrogen (secondary N) is 2. The van der Waals surface area contributed by atoms with E-state index in [2.05, 4.69) is 38.5 Å². The third kappa shape index (κ3) is 3.63. The van der Waals surface area contributed by atoms with Crippen molar-refractivity contribution in [2.75, 3.05) is 25.0 Å². The lowest BCUT2D eigenvalue weighted by Crippen LogP contribution is -2.42. The second kappa shape index (κ2) is 5.83. The van der Waals surface area contributed by atoms with E-state index >= 15 is 0 Å². The van der Waals surface area contributed by atoms with Crippen LogP contribution in [0.15, 0.2) is 16.7 Å². The van der Waals surface area contributed by atoms with Crippen LogP contribution in [0.2, 0.25) is 0 Å². The molecule has 1 atom stereocenters. The number of piperidine rings is 1. The van der Waals surface area contributed by atoms with Gasteiger partial charge in [-0.25, -0.2) is 4.98 Å². The predicted molar refractivity (Wildman–Crippen MR) is 77.3 cm³/mol. The number of nitro groups is 1. The molecule has 1 fully saturated rings. The van der Waals surface area contributed by atoms with E-state index in [1.807, 2.05) is 0 Å². The first-order valence-electron chi connectivity index (χ1n) is 6.25. The maximum Gasteiger partial charge on any atom is 0.288 e. The van der Waals surface area contributed by atoms with Crippen LogP contribution >= 0.6 is 15.9 Å². The number of pyridine rings is 1. The zero-order valence-electron chi connectivity index (χ0n) is 10.8. The molecular weight excluding hydrogens is 312 g/mol. The summed E-state index contributed by atoms with van der Waals surface area (Å²) in [6, 6.07) is 1.47. The Kier molecular flexibility index (Phi) is 4.36. The van der Waals surface area contributed by atoms with Crippen LogP contribution in [-0.2, 0) is 0 Å². The molecule has 0 aliphatic carbocycles. The van der Waals surface area contributed by atoms with Crippen LogP contribution < -0.4 is 10.6 Å². The Morgan fingerprint density at radius 1 is 1.68 bits per heavy atom. The molecule has 0 radical (unpaired) electrons. The van der Waals surface area contributed by atoms with Gasteiger partial charge in [-0.1, -0.05) is 6.92 Å². The fourth-order valence-electron chi connectivity index (χ4n) is 2.22. The van der Waals surface area contributed by atoms with Crippen LogP contribution in [0.4, 0.5) is 11.5 Å². The molecule has 7 heteroatoms. The molecule has 104 valence electrons. The van der Waals surface area contributed by atoms with Gasteiger partial charge in [0.1, 0.15) is 12.0 Å². The first-order valence-corrected chi connectivity index (χ1v) is 7.04. The molecule has 0 saturated carbocycles. The van der Waals surface area contributed by atoms with Crippen LogP contribution in [0.1, 0.15) is 19.8 Å². The van der Waals surface area contributed by atoms with Gasteiger partial charge in [-0.2, -0.15) is 0 Å². The number of halogens is 1. The summed E-state index contributed by atoms with van der Waals surface area (Å²) in [7, 11) is 0. The van der Waals surface area contributed by atoms with Gasteiger partial charge in [0.05, 0.1) is 9.40 Å². The van der Waals surface area contributed by atoms with E-state index in [-0.39, 0.29) is 11.1 Å². The normalized spacial score (nSPS) is 23.1. The lowest BCUT2D eigenvalue weighted by Gasteiger charge is -2.34. The minimum Gasteiger partial charge on any atom is -0.369 e. The van der Waals surface area contributed by atoms with E-state index < -0.39 is 4.92 Å². The molecular formula is C12H17BrN4O2. The molecule has 0 aromatic carbocycles. The highest BCUT2D eigenvalue weighted by Gasteiger charge is 2.26. The van der Waals surface area contributed by atoms with Crippen molar-refractivity contribution >= 4 is 27.4 Å². The lowest BCUT2D eigenvalue weighted by atomic mass is 9.83. The molecule has 1 aromatic heterocycles. The molecule has 0 amide bonds. The number of rotatable bonds is 4. The Morgan fingerprint density at radius 2 is 2.47 bits per heavy atom. The van der Waals surface area contributed by atoms with Gasteiger partial charge in [0, 0.05) is 19.2 Å². The molecule has 19 heavy (non-hydrogen) atoms. The van der Waals surface area contributed by atoms with Gasteiger partial charge >= 0.3 is 0 Å². The van der Waals surface area contributed by atoms with Crippen LogP contribution in [0.3, 0.4) is 0 Å².